The zero-order valence-corrected chi connectivity index (χ0v) is 13.2. The van der Waals surface area contributed by atoms with Crippen molar-refractivity contribution in [1.29, 1.82) is 0 Å². The van der Waals surface area contributed by atoms with Crippen molar-refractivity contribution in [3.05, 3.63) is 58.1 Å². The number of carbonyl (C=O) groups excluding carboxylic acids is 1. The van der Waals surface area contributed by atoms with Crippen LogP contribution in [0.1, 0.15) is 16.1 Å². The van der Waals surface area contributed by atoms with Gasteiger partial charge in [0.15, 0.2) is 5.69 Å². The van der Waals surface area contributed by atoms with E-state index in [0.29, 0.717) is 15.6 Å². The van der Waals surface area contributed by atoms with E-state index in [1.807, 2.05) is 6.07 Å². The van der Waals surface area contributed by atoms with Crippen LogP contribution < -0.4 is 5.43 Å². The van der Waals surface area contributed by atoms with Crippen LogP contribution in [0.4, 0.5) is 0 Å². The highest BCUT2D eigenvalue weighted by molar-refractivity contribution is 7.19. The van der Waals surface area contributed by atoms with Crippen LogP contribution in [0.15, 0.2) is 47.6 Å². The number of nitrogens with one attached hydrogen (secondary N) is 2. The Kier molecular flexibility index (Phi) is 4.40. The van der Waals surface area contributed by atoms with Gasteiger partial charge in [-0.2, -0.15) is 10.2 Å². The summed E-state index contributed by atoms with van der Waals surface area (Å²) in [6.45, 7) is 0. The van der Waals surface area contributed by atoms with Gasteiger partial charge in [0, 0.05) is 0 Å². The number of hydrogen-bond acceptors (Lipinski definition) is 5. The number of nitrogens with zero attached hydrogens (tertiary/aromatic N) is 2. The molecule has 3 aromatic rings. The summed E-state index contributed by atoms with van der Waals surface area (Å²) in [5.41, 5.74) is 3.98. The Morgan fingerprint density at radius 1 is 1.35 bits per heavy atom. The number of aromatic nitrogens is 2. The van der Waals surface area contributed by atoms with E-state index in [0.717, 1.165) is 4.88 Å². The largest absolute Gasteiger partial charge is 0.508 e. The molecule has 0 aliphatic heterocycles. The molecule has 1 aromatic carbocycles. The van der Waals surface area contributed by atoms with Gasteiger partial charge in [-0.15, -0.1) is 11.3 Å². The number of hydrazone groups is 1. The normalized spacial score (nSPS) is 11.0. The number of aromatic amines is 1. The quantitative estimate of drug-likeness (QED) is 0.500. The summed E-state index contributed by atoms with van der Waals surface area (Å²) < 4.78 is 0.663. The van der Waals surface area contributed by atoms with Gasteiger partial charge < -0.3 is 5.11 Å². The molecule has 0 saturated carbocycles. The van der Waals surface area contributed by atoms with Crippen LogP contribution >= 0.6 is 22.9 Å². The van der Waals surface area contributed by atoms with E-state index in [9.17, 15) is 9.90 Å². The van der Waals surface area contributed by atoms with E-state index in [1.54, 1.807) is 30.3 Å². The predicted octanol–water partition coefficient (Wildman–Crippen LogP) is 3.26. The minimum absolute atomic E-state index is 0.131. The highest BCUT2D eigenvalue weighted by atomic mass is 35.5. The molecule has 23 heavy (non-hydrogen) atoms. The first-order valence-corrected chi connectivity index (χ1v) is 7.75. The molecule has 1 amide bonds. The molecule has 0 unspecified atom stereocenters. The van der Waals surface area contributed by atoms with Crippen LogP contribution in [0.25, 0.3) is 10.6 Å². The van der Waals surface area contributed by atoms with Crippen LogP contribution in [0.3, 0.4) is 0 Å². The first kappa shape index (κ1) is 15.3. The second-order valence-electron chi connectivity index (χ2n) is 4.56. The van der Waals surface area contributed by atoms with Gasteiger partial charge in [0.25, 0.3) is 5.91 Å². The fraction of sp³-hybridized carbons (Fsp3) is 0. The zero-order chi connectivity index (χ0) is 16.2. The van der Waals surface area contributed by atoms with Crippen molar-refractivity contribution in [3.63, 3.8) is 0 Å². The Morgan fingerprint density at radius 3 is 2.96 bits per heavy atom. The van der Waals surface area contributed by atoms with Crippen molar-refractivity contribution in [2.24, 2.45) is 5.10 Å². The lowest BCUT2D eigenvalue weighted by atomic mass is 10.2. The maximum atomic E-state index is 12.0. The van der Waals surface area contributed by atoms with E-state index in [2.05, 4.69) is 20.7 Å². The highest BCUT2D eigenvalue weighted by Gasteiger charge is 2.11. The Balaban J connectivity index is 1.66. The number of H-pyrrole nitrogens is 1. The van der Waals surface area contributed by atoms with Crippen LogP contribution in [0.2, 0.25) is 4.34 Å². The van der Waals surface area contributed by atoms with Gasteiger partial charge in [0.1, 0.15) is 5.75 Å². The summed E-state index contributed by atoms with van der Waals surface area (Å²) in [5, 5.41) is 19.9. The van der Waals surface area contributed by atoms with Crippen LogP contribution in [0.5, 0.6) is 5.75 Å². The van der Waals surface area contributed by atoms with Gasteiger partial charge >= 0.3 is 0 Å². The number of phenolic OH excluding ortho intramolecular Hbond substituents is 1. The molecule has 116 valence electrons. The molecule has 3 rings (SSSR count). The molecule has 0 atom stereocenters. The van der Waals surface area contributed by atoms with Gasteiger partial charge in [-0.3, -0.25) is 9.89 Å². The molecule has 0 aliphatic carbocycles. The predicted molar refractivity (Wildman–Crippen MR) is 90.1 cm³/mol. The minimum atomic E-state index is -0.438. The summed E-state index contributed by atoms with van der Waals surface area (Å²) in [6.07, 6.45) is 1.43. The zero-order valence-electron chi connectivity index (χ0n) is 11.7. The van der Waals surface area contributed by atoms with Gasteiger partial charge in [0.05, 0.1) is 21.1 Å². The molecule has 3 N–H and O–H groups in total. The second-order valence-corrected chi connectivity index (χ2v) is 6.28. The summed E-state index contributed by atoms with van der Waals surface area (Å²) >= 11 is 7.28. The monoisotopic (exact) mass is 346 g/mol. The van der Waals surface area contributed by atoms with E-state index in [-0.39, 0.29) is 11.4 Å². The fourth-order valence-electron chi connectivity index (χ4n) is 1.85. The Labute approximate surface area is 140 Å². The molecule has 8 heteroatoms. The topological polar surface area (TPSA) is 90.4 Å². The third kappa shape index (κ3) is 3.77. The fourth-order valence-corrected chi connectivity index (χ4v) is 2.86. The van der Waals surface area contributed by atoms with Crippen molar-refractivity contribution in [2.75, 3.05) is 0 Å². The number of thiophene rings is 1. The summed E-state index contributed by atoms with van der Waals surface area (Å²) in [6, 6.07) is 11.8. The molecule has 6 nitrogen and oxygen atoms in total. The van der Waals surface area contributed by atoms with Gasteiger partial charge in [-0.05, 0) is 35.9 Å². The van der Waals surface area contributed by atoms with E-state index >= 15 is 0 Å². The van der Waals surface area contributed by atoms with Crippen LogP contribution in [-0.4, -0.2) is 27.4 Å². The van der Waals surface area contributed by atoms with Crippen LogP contribution in [-0.2, 0) is 0 Å². The minimum Gasteiger partial charge on any atom is -0.508 e. The smallest absolute Gasteiger partial charge is 0.291 e. The number of benzene rings is 1. The van der Waals surface area contributed by atoms with Crippen molar-refractivity contribution >= 4 is 35.1 Å². The Morgan fingerprint density at radius 2 is 2.22 bits per heavy atom. The number of phenols is 1. The van der Waals surface area contributed by atoms with Gasteiger partial charge in [-0.25, -0.2) is 5.43 Å². The van der Waals surface area contributed by atoms with Crippen LogP contribution in [0, 0.1) is 0 Å². The summed E-state index contributed by atoms with van der Waals surface area (Å²) in [7, 11) is 0. The molecule has 0 radical (unpaired) electrons. The molecular weight excluding hydrogens is 336 g/mol. The third-order valence-electron chi connectivity index (χ3n) is 2.90. The maximum absolute atomic E-state index is 12.0. The first-order chi connectivity index (χ1) is 11.1. The second kappa shape index (κ2) is 6.64. The SMILES string of the molecule is O=C(N/N=C\c1cccc(O)c1)c1cc(-c2ccc(Cl)s2)[nH]n1. The average Bonchev–Trinajstić information content (AvgIpc) is 3.16. The standard InChI is InChI=1S/C15H11ClN4O2S/c16-14-5-4-13(23-14)11-7-12(19-18-11)15(22)20-17-8-9-2-1-3-10(21)6-9/h1-8,21H,(H,18,19)(H,20,22)/b17-8-. The Hall–Kier alpha value is -2.64. The number of hydrogen-bond donors (Lipinski definition) is 3. The maximum Gasteiger partial charge on any atom is 0.291 e. The Bertz CT molecular complexity index is 872. The molecular formula is C15H11ClN4O2S. The molecule has 0 spiro atoms. The summed E-state index contributed by atoms with van der Waals surface area (Å²) in [5.74, 6) is -0.307. The van der Waals surface area contributed by atoms with Crippen molar-refractivity contribution in [2.45, 2.75) is 0 Å². The molecule has 0 fully saturated rings. The third-order valence-corrected chi connectivity index (χ3v) is 4.16. The number of rotatable bonds is 4. The summed E-state index contributed by atoms with van der Waals surface area (Å²) in [4.78, 5) is 12.9. The van der Waals surface area contributed by atoms with Gasteiger partial charge in [0.2, 0.25) is 0 Å². The van der Waals surface area contributed by atoms with E-state index in [1.165, 1.54) is 23.6 Å². The molecule has 0 saturated heterocycles. The average molecular weight is 347 g/mol. The van der Waals surface area contributed by atoms with Crippen molar-refractivity contribution in [1.82, 2.24) is 15.6 Å². The van der Waals surface area contributed by atoms with Crippen molar-refractivity contribution < 1.29 is 9.90 Å². The lowest BCUT2D eigenvalue weighted by Gasteiger charge is -1.96. The van der Waals surface area contributed by atoms with Crippen molar-refractivity contribution in [3.8, 4) is 16.3 Å². The lowest BCUT2D eigenvalue weighted by molar-refractivity contribution is 0.0950. The van der Waals surface area contributed by atoms with E-state index in [4.69, 9.17) is 11.6 Å². The molecule has 2 aromatic heterocycles. The number of amides is 1. The number of aromatic hydroxyl groups is 1. The highest BCUT2D eigenvalue weighted by Crippen LogP contribution is 2.29. The first-order valence-electron chi connectivity index (χ1n) is 6.55. The van der Waals surface area contributed by atoms with Gasteiger partial charge in [-0.1, -0.05) is 23.7 Å². The van der Waals surface area contributed by atoms with E-state index < -0.39 is 5.91 Å². The number of halogens is 1. The number of carbonyl (C=O) groups is 1. The molecule has 0 aliphatic rings. The molecule has 0 bridgehead atoms. The lowest BCUT2D eigenvalue weighted by Crippen LogP contribution is -2.17. The molecule has 2 heterocycles.